The van der Waals surface area contributed by atoms with Crippen molar-refractivity contribution in [1.82, 2.24) is 20.5 Å². The van der Waals surface area contributed by atoms with E-state index in [1.807, 2.05) is 12.1 Å². The molecule has 0 bridgehead atoms. The topological polar surface area (TPSA) is 72.1 Å². The Kier molecular flexibility index (Phi) is 3.60. The molecule has 1 aromatic heterocycles. The molecule has 1 aromatic carbocycles. The van der Waals surface area contributed by atoms with Crippen molar-refractivity contribution in [3.05, 3.63) is 35.9 Å². The fraction of sp³-hybridized carbons (Fsp3) is 0.385. The van der Waals surface area contributed by atoms with Crippen LogP contribution >= 0.6 is 0 Å². The molecule has 2 N–H and O–H groups in total. The fourth-order valence-corrected chi connectivity index (χ4v) is 2.02. The molecule has 6 nitrogen and oxygen atoms in total. The lowest BCUT2D eigenvalue weighted by atomic mass is 10.2. The van der Waals surface area contributed by atoms with Gasteiger partial charge in [-0.1, -0.05) is 6.07 Å². The summed E-state index contributed by atoms with van der Waals surface area (Å²) in [6.07, 6.45) is 3.48. The highest BCUT2D eigenvalue weighted by atomic mass is 16.7. The SMILES string of the molecule is c1n[nH]c(CCCNCc2ccc3c(c2)OCO3)n1. The van der Waals surface area contributed by atoms with Crippen LogP contribution in [0.5, 0.6) is 11.5 Å². The summed E-state index contributed by atoms with van der Waals surface area (Å²) >= 11 is 0. The minimum absolute atomic E-state index is 0.323. The lowest BCUT2D eigenvalue weighted by Gasteiger charge is -2.05. The predicted molar refractivity (Wildman–Crippen MR) is 69.0 cm³/mol. The van der Waals surface area contributed by atoms with Gasteiger partial charge in [-0.25, -0.2) is 4.98 Å². The molecule has 0 saturated heterocycles. The Labute approximate surface area is 111 Å². The number of fused-ring (bicyclic) bond motifs is 1. The summed E-state index contributed by atoms with van der Waals surface area (Å²) in [5.74, 6) is 2.60. The molecule has 0 radical (unpaired) electrons. The van der Waals surface area contributed by atoms with Gasteiger partial charge in [0.25, 0.3) is 0 Å². The summed E-state index contributed by atoms with van der Waals surface area (Å²) < 4.78 is 10.6. The number of aromatic amines is 1. The van der Waals surface area contributed by atoms with E-state index in [0.717, 1.165) is 43.3 Å². The molecule has 1 aliphatic heterocycles. The van der Waals surface area contributed by atoms with Gasteiger partial charge < -0.3 is 14.8 Å². The third-order valence-electron chi connectivity index (χ3n) is 3.00. The summed E-state index contributed by atoms with van der Waals surface area (Å²) in [4.78, 5) is 4.09. The predicted octanol–water partition coefficient (Wildman–Crippen LogP) is 1.26. The second-order valence-electron chi connectivity index (χ2n) is 4.40. The van der Waals surface area contributed by atoms with Crippen molar-refractivity contribution in [2.24, 2.45) is 0 Å². The van der Waals surface area contributed by atoms with Crippen LogP contribution in [0.2, 0.25) is 0 Å². The van der Waals surface area contributed by atoms with E-state index in [1.165, 1.54) is 11.9 Å². The summed E-state index contributed by atoms with van der Waals surface area (Å²) in [6.45, 7) is 2.09. The van der Waals surface area contributed by atoms with Crippen molar-refractivity contribution in [2.75, 3.05) is 13.3 Å². The van der Waals surface area contributed by atoms with E-state index in [-0.39, 0.29) is 0 Å². The van der Waals surface area contributed by atoms with Gasteiger partial charge in [-0.3, -0.25) is 5.10 Å². The van der Waals surface area contributed by atoms with Gasteiger partial charge >= 0.3 is 0 Å². The molecule has 0 saturated carbocycles. The van der Waals surface area contributed by atoms with Crippen LogP contribution in [-0.2, 0) is 13.0 Å². The lowest BCUT2D eigenvalue weighted by molar-refractivity contribution is 0.174. The van der Waals surface area contributed by atoms with Crippen LogP contribution in [0.1, 0.15) is 17.8 Å². The van der Waals surface area contributed by atoms with Crippen molar-refractivity contribution >= 4 is 0 Å². The first-order valence-corrected chi connectivity index (χ1v) is 6.35. The van der Waals surface area contributed by atoms with Crippen molar-refractivity contribution in [2.45, 2.75) is 19.4 Å². The molecule has 2 aromatic rings. The summed E-state index contributed by atoms with van der Waals surface area (Å²) in [7, 11) is 0. The first kappa shape index (κ1) is 12.0. The second kappa shape index (κ2) is 5.71. The quantitative estimate of drug-likeness (QED) is 0.765. The monoisotopic (exact) mass is 260 g/mol. The standard InChI is InChI=1S/C13H16N4O2/c1(2-13-15-8-16-17-13)5-14-7-10-3-4-11-12(6-10)19-9-18-11/h3-4,6,8,14H,1-2,5,7,9H2,(H,15,16,17). The molecule has 3 rings (SSSR count). The van der Waals surface area contributed by atoms with E-state index in [9.17, 15) is 0 Å². The molecule has 2 heterocycles. The van der Waals surface area contributed by atoms with Crippen LogP contribution in [0.3, 0.4) is 0 Å². The zero-order chi connectivity index (χ0) is 12.9. The Morgan fingerprint density at radius 3 is 3.11 bits per heavy atom. The van der Waals surface area contributed by atoms with Gasteiger partial charge in [-0.2, -0.15) is 5.10 Å². The minimum atomic E-state index is 0.323. The zero-order valence-electron chi connectivity index (χ0n) is 10.6. The molecule has 0 aliphatic carbocycles. The first-order chi connectivity index (χ1) is 9.42. The van der Waals surface area contributed by atoms with E-state index >= 15 is 0 Å². The number of hydrogen-bond acceptors (Lipinski definition) is 5. The third-order valence-corrected chi connectivity index (χ3v) is 3.00. The average molecular weight is 260 g/mol. The van der Waals surface area contributed by atoms with Crippen LogP contribution in [0, 0.1) is 0 Å². The molecule has 0 amide bonds. The van der Waals surface area contributed by atoms with E-state index in [0.29, 0.717) is 6.79 Å². The van der Waals surface area contributed by atoms with Gasteiger partial charge in [0.2, 0.25) is 6.79 Å². The molecule has 1 aliphatic rings. The van der Waals surface area contributed by atoms with Gasteiger partial charge in [-0.05, 0) is 30.7 Å². The fourth-order valence-electron chi connectivity index (χ4n) is 2.02. The summed E-state index contributed by atoms with van der Waals surface area (Å²) in [5, 5.41) is 10.1. The molecule has 0 spiro atoms. The van der Waals surface area contributed by atoms with Gasteiger partial charge in [0, 0.05) is 13.0 Å². The molecule has 0 unspecified atom stereocenters. The highest BCUT2D eigenvalue weighted by Crippen LogP contribution is 2.32. The maximum Gasteiger partial charge on any atom is 0.231 e. The first-order valence-electron chi connectivity index (χ1n) is 6.35. The Bertz CT molecular complexity index is 527. The molecular formula is C13H16N4O2. The molecule has 0 atom stereocenters. The zero-order valence-corrected chi connectivity index (χ0v) is 10.6. The number of hydrogen-bond donors (Lipinski definition) is 2. The number of aromatic nitrogens is 3. The maximum absolute atomic E-state index is 5.35. The van der Waals surface area contributed by atoms with E-state index in [2.05, 4.69) is 26.6 Å². The Hall–Kier alpha value is -2.08. The van der Waals surface area contributed by atoms with E-state index in [1.54, 1.807) is 0 Å². The number of nitrogens with one attached hydrogen (secondary N) is 2. The smallest absolute Gasteiger partial charge is 0.231 e. The average Bonchev–Trinajstić information content (AvgIpc) is 3.08. The number of ether oxygens (including phenoxy) is 2. The highest BCUT2D eigenvalue weighted by Gasteiger charge is 2.12. The highest BCUT2D eigenvalue weighted by molar-refractivity contribution is 5.44. The molecule has 0 fully saturated rings. The van der Waals surface area contributed by atoms with Crippen molar-refractivity contribution in [3.8, 4) is 11.5 Å². The summed E-state index contributed by atoms with van der Waals surface area (Å²) in [5.41, 5.74) is 1.20. The Balaban J connectivity index is 1.40. The van der Waals surface area contributed by atoms with Crippen molar-refractivity contribution in [1.29, 1.82) is 0 Å². The van der Waals surface area contributed by atoms with E-state index in [4.69, 9.17) is 9.47 Å². The van der Waals surface area contributed by atoms with Gasteiger partial charge in [0.05, 0.1) is 0 Å². The number of benzene rings is 1. The number of nitrogens with zero attached hydrogens (tertiary/aromatic N) is 2. The van der Waals surface area contributed by atoms with Crippen LogP contribution in [-0.4, -0.2) is 28.5 Å². The van der Waals surface area contributed by atoms with Crippen molar-refractivity contribution < 1.29 is 9.47 Å². The molecule has 100 valence electrons. The third kappa shape index (κ3) is 3.03. The van der Waals surface area contributed by atoms with Crippen LogP contribution in [0.15, 0.2) is 24.5 Å². The lowest BCUT2D eigenvalue weighted by Crippen LogP contribution is -2.15. The van der Waals surface area contributed by atoms with Crippen molar-refractivity contribution in [3.63, 3.8) is 0 Å². The van der Waals surface area contributed by atoms with Gasteiger partial charge in [0.1, 0.15) is 12.2 Å². The van der Waals surface area contributed by atoms with Crippen LogP contribution in [0.4, 0.5) is 0 Å². The maximum atomic E-state index is 5.35. The Morgan fingerprint density at radius 1 is 1.26 bits per heavy atom. The van der Waals surface area contributed by atoms with Gasteiger partial charge in [0.15, 0.2) is 11.5 Å². The van der Waals surface area contributed by atoms with Crippen LogP contribution in [0.25, 0.3) is 0 Å². The van der Waals surface area contributed by atoms with Crippen LogP contribution < -0.4 is 14.8 Å². The van der Waals surface area contributed by atoms with E-state index < -0.39 is 0 Å². The van der Waals surface area contributed by atoms with Gasteiger partial charge in [-0.15, -0.1) is 0 Å². The number of aryl methyl sites for hydroxylation is 1. The number of H-pyrrole nitrogens is 1. The number of rotatable bonds is 6. The molecular weight excluding hydrogens is 244 g/mol. The largest absolute Gasteiger partial charge is 0.454 e. The Morgan fingerprint density at radius 2 is 2.21 bits per heavy atom. The minimum Gasteiger partial charge on any atom is -0.454 e. The second-order valence-corrected chi connectivity index (χ2v) is 4.40. The molecule has 19 heavy (non-hydrogen) atoms. The normalized spacial score (nSPS) is 12.8. The molecule has 6 heteroatoms. The summed E-state index contributed by atoms with van der Waals surface area (Å²) in [6, 6.07) is 6.02.